The number of oxazole rings is 1. The van der Waals surface area contributed by atoms with Crippen LogP contribution >= 0.6 is 0 Å². The molecule has 1 aliphatic rings. The quantitative estimate of drug-likeness (QED) is 0.734. The Balaban J connectivity index is 1.34. The Kier molecular flexibility index (Phi) is 4.29. The molecule has 0 bridgehead atoms. The zero-order valence-corrected chi connectivity index (χ0v) is 13.8. The van der Waals surface area contributed by atoms with Gasteiger partial charge < -0.3 is 9.73 Å². The summed E-state index contributed by atoms with van der Waals surface area (Å²) in [5, 5.41) is 2.91. The van der Waals surface area contributed by atoms with Gasteiger partial charge in [0.1, 0.15) is 0 Å². The molecule has 1 saturated carbocycles. The molecule has 25 heavy (non-hydrogen) atoms. The topological polar surface area (TPSA) is 68.0 Å². The van der Waals surface area contributed by atoms with Gasteiger partial charge in [0.25, 0.3) is 0 Å². The van der Waals surface area contributed by atoms with E-state index in [4.69, 9.17) is 4.42 Å². The van der Waals surface area contributed by atoms with Gasteiger partial charge in [0.05, 0.1) is 6.20 Å². The number of aryl methyl sites for hydroxylation is 1. The predicted octanol–water partition coefficient (Wildman–Crippen LogP) is 4.19. The maximum atomic E-state index is 12.1. The number of aromatic nitrogens is 2. The zero-order chi connectivity index (χ0) is 17.1. The first-order chi connectivity index (χ1) is 12.3. The number of nitrogens with zero attached hydrogens (tertiary/aromatic N) is 2. The molecule has 3 aromatic rings. The highest BCUT2D eigenvalue weighted by molar-refractivity contribution is 5.91. The predicted molar refractivity (Wildman–Crippen MR) is 95.1 cm³/mol. The summed E-state index contributed by atoms with van der Waals surface area (Å²) >= 11 is 0. The van der Waals surface area contributed by atoms with Gasteiger partial charge in [-0.25, -0.2) is 4.98 Å². The van der Waals surface area contributed by atoms with E-state index in [2.05, 4.69) is 15.3 Å². The summed E-state index contributed by atoms with van der Waals surface area (Å²) in [6.45, 7) is 0. The lowest BCUT2D eigenvalue weighted by Gasteiger charge is -2.06. The second kappa shape index (κ2) is 6.89. The maximum absolute atomic E-state index is 12.1. The van der Waals surface area contributed by atoms with Crippen molar-refractivity contribution >= 4 is 11.6 Å². The summed E-state index contributed by atoms with van der Waals surface area (Å²) in [5.41, 5.74) is 2.66. The Morgan fingerprint density at radius 1 is 1.12 bits per heavy atom. The Labute approximate surface area is 146 Å². The van der Waals surface area contributed by atoms with Crippen LogP contribution in [0, 0.1) is 0 Å². The van der Waals surface area contributed by atoms with Gasteiger partial charge in [-0.15, -0.1) is 0 Å². The molecule has 5 nitrogen and oxygen atoms in total. The van der Waals surface area contributed by atoms with E-state index < -0.39 is 0 Å². The van der Waals surface area contributed by atoms with Crippen LogP contribution in [0.5, 0.6) is 0 Å². The SMILES string of the molecule is O=C(CCc1ccccn1)Nc1ccc(-c2cnc(C3CC3)o2)cc1. The number of benzene rings is 1. The van der Waals surface area contributed by atoms with Crippen LogP contribution in [0.1, 0.15) is 36.8 Å². The number of anilines is 1. The van der Waals surface area contributed by atoms with Crippen molar-refractivity contribution < 1.29 is 9.21 Å². The van der Waals surface area contributed by atoms with Crippen LogP contribution in [0.25, 0.3) is 11.3 Å². The Hall–Kier alpha value is -2.95. The number of amides is 1. The molecule has 0 saturated heterocycles. The Morgan fingerprint density at radius 2 is 1.96 bits per heavy atom. The fourth-order valence-corrected chi connectivity index (χ4v) is 2.67. The molecule has 0 unspecified atom stereocenters. The van der Waals surface area contributed by atoms with Crippen LogP contribution in [0.15, 0.2) is 59.3 Å². The number of carbonyl (C=O) groups excluding carboxylic acids is 1. The molecule has 2 aromatic heterocycles. The number of hydrogen-bond donors (Lipinski definition) is 1. The summed E-state index contributed by atoms with van der Waals surface area (Å²) in [6, 6.07) is 13.4. The van der Waals surface area contributed by atoms with Crippen molar-refractivity contribution in [1.29, 1.82) is 0 Å². The van der Waals surface area contributed by atoms with Crippen LogP contribution in [0.4, 0.5) is 5.69 Å². The number of rotatable bonds is 6. The van der Waals surface area contributed by atoms with Gasteiger partial charge in [-0.1, -0.05) is 6.07 Å². The van der Waals surface area contributed by atoms with Crippen molar-refractivity contribution in [2.45, 2.75) is 31.6 Å². The largest absolute Gasteiger partial charge is 0.440 e. The van der Waals surface area contributed by atoms with Crippen molar-refractivity contribution in [2.75, 3.05) is 5.32 Å². The summed E-state index contributed by atoms with van der Waals surface area (Å²) in [5.74, 6) is 2.09. The minimum Gasteiger partial charge on any atom is -0.440 e. The lowest BCUT2D eigenvalue weighted by molar-refractivity contribution is -0.116. The highest BCUT2D eigenvalue weighted by Crippen LogP contribution is 2.40. The van der Waals surface area contributed by atoms with Gasteiger partial charge in [-0.2, -0.15) is 0 Å². The molecule has 2 heterocycles. The number of carbonyl (C=O) groups is 1. The van der Waals surface area contributed by atoms with E-state index in [1.54, 1.807) is 12.4 Å². The van der Waals surface area contributed by atoms with Gasteiger partial charge in [-0.05, 0) is 55.7 Å². The number of hydrogen-bond acceptors (Lipinski definition) is 4. The van der Waals surface area contributed by atoms with Crippen molar-refractivity contribution in [3.05, 3.63) is 66.4 Å². The van der Waals surface area contributed by atoms with Crippen molar-refractivity contribution in [3.63, 3.8) is 0 Å². The minimum atomic E-state index is -0.0194. The molecule has 1 fully saturated rings. The molecule has 5 heteroatoms. The van der Waals surface area contributed by atoms with E-state index in [-0.39, 0.29) is 5.91 Å². The molecule has 0 atom stereocenters. The molecule has 0 spiro atoms. The lowest BCUT2D eigenvalue weighted by Crippen LogP contribution is -2.12. The summed E-state index contributed by atoms with van der Waals surface area (Å²) in [7, 11) is 0. The van der Waals surface area contributed by atoms with E-state index in [0.29, 0.717) is 18.8 Å². The van der Waals surface area contributed by atoms with Crippen LogP contribution in [-0.2, 0) is 11.2 Å². The molecule has 1 aliphatic carbocycles. The molecule has 1 N–H and O–H groups in total. The third-order valence-corrected chi connectivity index (χ3v) is 4.24. The third-order valence-electron chi connectivity index (χ3n) is 4.24. The average Bonchev–Trinajstić information content (AvgIpc) is 3.39. The second-order valence-electron chi connectivity index (χ2n) is 6.28. The minimum absolute atomic E-state index is 0.0194. The fourth-order valence-electron chi connectivity index (χ4n) is 2.67. The second-order valence-corrected chi connectivity index (χ2v) is 6.28. The molecule has 1 amide bonds. The summed E-state index contributed by atoms with van der Waals surface area (Å²) < 4.78 is 5.80. The molecular weight excluding hydrogens is 314 g/mol. The Bertz CT molecular complexity index is 852. The number of nitrogens with one attached hydrogen (secondary N) is 1. The van der Waals surface area contributed by atoms with E-state index >= 15 is 0 Å². The van der Waals surface area contributed by atoms with Crippen LogP contribution in [0.3, 0.4) is 0 Å². The highest BCUT2D eigenvalue weighted by Gasteiger charge is 2.28. The van der Waals surface area contributed by atoms with Gasteiger partial charge >= 0.3 is 0 Å². The monoisotopic (exact) mass is 333 g/mol. The summed E-state index contributed by atoms with van der Waals surface area (Å²) in [6.07, 6.45) is 6.89. The van der Waals surface area contributed by atoms with Crippen LogP contribution in [-0.4, -0.2) is 15.9 Å². The van der Waals surface area contributed by atoms with Gasteiger partial charge in [0.2, 0.25) is 5.91 Å². The van der Waals surface area contributed by atoms with Gasteiger partial charge in [0.15, 0.2) is 11.7 Å². The standard InChI is InChI=1S/C20H19N3O2/c24-19(11-10-16-3-1-2-12-21-16)23-17-8-6-14(7-9-17)18-13-22-20(25-18)15-4-5-15/h1-3,6-9,12-13,15H,4-5,10-11H2,(H,23,24). The zero-order valence-electron chi connectivity index (χ0n) is 13.8. The van der Waals surface area contributed by atoms with E-state index in [1.165, 1.54) is 12.8 Å². The van der Waals surface area contributed by atoms with Crippen molar-refractivity contribution in [2.24, 2.45) is 0 Å². The fraction of sp³-hybridized carbons (Fsp3) is 0.250. The van der Waals surface area contributed by atoms with E-state index in [9.17, 15) is 4.79 Å². The molecular formula is C20H19N3O2. The van der Waals surface area contributed by atoms with Gasteiger partial charge in [0, 0.05) is 35.5 Å². The molecule has 126 valence electrons. The first kappa shape index (κ1) is 15.6. The Morgan fingerprint density at radius 3 is 2.68 bits per heavy atom. The number of pyridine rings is 1. The smallest absolute Gasteiger partial charge is 0.224 e. The van der Waals surface area contributed by atoms with Crippen LogP contribution in [0.2, 0.25) is 0 Å². The average molecular weight is 333 g/mol. The first-order valence-corrected chi connectivity index (χ1v) is 8.54. The normalized spacial score (nSPS) is 13.6. The van der Waals surface area contributed by atoms with Crippen LogP contribution < -0.4 is 5.32 Å². The first-order valence-electron chi connectivity index (χ1n) is 8.54. The highest BCUT2D eigenvalue weighted by atomic mass is 16.4. The van der Waals surface area contributed by atoms with Crippen molar-refractivity contribution in [3.8, 4) is 11.3 Å². The third kappa shape index (κ3) is 3.94. The van der Waals surface area contributed by atoms with E-state index in [1.807, 2.05) is 42.5 Å². The summed E-state index contributed by atoms with van der Waals surface area (Å²) in [4.78, 5) is 20.6. The molecule has 0 radical (unpaired) electrons. The van der Waals surface area contributed by atoms with Crippen molar-refractivity contribution in [1.82, 2.24) is 9.97 Å². The van der Waals surface area contributed by atoms with E-state index in [0.717, 1.165) is 28.6 Å². The molecule has 0 aliphatic heterocycles. The molecule has 4 rings (SSSR count). The maximum Gasteiger partial charge on any atom is 0.224 e. The molecule has 1 aromatic carbocycles. The van der Waals surface area contributed by atoms with Gasteiger partial charge in [-0.3, -0.25) is 9.78 Å². The lowest BCUT2D eigenvalue weighted by atomic mass is 10.1.